The molecule has 10 heteroatoms. The normalized spacial score (nSPS) is 12.1. The first-order valence-electron chi connectivity index (χ1n) is 10.9. The van der Waals surface area contributed by atoms with Crippen molar-refractivity contribution in [2.45, 2.75) is 24.2 Å². The predicted molar refractivity (Wildman–Crippen MR) is 132 cm³/mol. The van der Waals surface area contributed by atoms with Crippen molar-refractivity contribution in [3.8, 4) is 5.75 Å². The topological polar surface area (TPSA) is 95.0 Å². The van der Waals surface area contributed by atoms with Gasteiger partial charge in [0.05, 0.1) is 11.5 Å². The Balaban J connectivity index is 1.98. The predicted octanol–water partition coefficient (Wildman–Crippen LogP) is 4.89. The number of hydrogen-bond donors (Lipinski definition) is 0. The van der Waals surface area contributed by atoms with Gasteiger partial charge in [-0.3, -0.25) is 4.98 Å². The summed E-state index contributed by atoms with van der Waals surface area (Å²) >= 11 is 5.93. The Labute approximate surface area is 210 Å². The molecule has 3 aromatic rings. The number of methoxy groups -OCH3 is 1. The van der Waals surface area contributed by atoms with E-state index >= 15 is 0 Å². The van der Waals surface area contributed by atoms with Crippen molar-refractivity contribution in [3.05, 3.63) is 89.2 Å². The molecule has 2 aromatic carbocycles. The number of ether oxygens (including phenoxy) is 3. The van der Waals surface area contributed by atoms with E-state index in [1.165, 1.54) is 31.4 Å². The molecule has 0 radical (unpaired) electrons. The van der Waals surface area contributed by atoms with Gasteiger partial charge in [0.25, 0.3) is 10.0 Å². The summed E-state index contributed by atoms with van der Waals surface area (Å²) in [5.74, 6) is 0.217. The fourth-order valence-corrected chi connectivity index (χ4v) is 4.94. The third-order valence-electron chi connectivity index (χ3n) is 5.16. The number of carbonyl (C=O) groups excluding carboxylic acids is 1. The van der Waals surface area contributed by atoms with Crippen LogP contribution < -0.4 is 4.74 Å². The summed E-state index contributed by atoms with van der Waals surface area (Å²) in [5, 5.41) is 0.386. The summed E-state index contributed by atoms with van der Waals surface area (Å²) in [6.07, 6.45) is 2.87. The number of carbonyl (C=O) groups is 1. The van der Waals surface area contributed by atoms with Crippen molar-refractivity contribution >= 4 is 27.7 Å². The van der Waals surface area contributed by atoms with Gasteiger partial charge >= 0.3 is 6.09 Å². The van der Waals surface area contributed by atoms with Gasteiger partial charge in [-0.05, 0) is 66.9 Å². The van der Waals surface area contributed by atoms with E-state index in [0.29, 0.717) is 17.2 Å². The van der Waals surface area contributed by atoms with Crippen LogP contribution in [-0.4, -0.2) is 50.9 Å². The molecule has 0 bridgehead atoms. The van der Waals surface area contributed by atoms with Crippen molar-refractivity contribution in [1.82, 2.24) is 9.29 Å². The molecule has 1 atom stereocenters. The molecule has 186 valence electrons. The van der Waals surface area contributed by atoms with E-state index < -0.39 is 16.1 Å². The minimum Gasteiger partial charge on any atom is -0.468 e. The van der Waals surface area contributed by atoms with Crippen molar-refractivity contribution in [2.24, 2.45) is 0 Å². The molecule has 0 fully saturated rings. The second-order valence-corrected chi connectivity index (χ2v) is 9.87. The van der Waals surface area contributed by atoms with E-state index in [9.17, 15) is 13.2 Å². The largest absolute Gasteiger partial charge is 0.468 e. The van der Waals surface area contributed by atoms with Crippen LogP contribution in [0.3, 0.4) is 0 Å². The summed E-state index contributed by atoms with van der Waals surface area (Å²) in [5.41, 5.74) is 1.71. The Kier molecular flexibility index (Phi) is 9.47. The molecule has 0 aliphatic rings. The number of rotatable bonds is 11. The van der Waals surface area contributed by atoms with E-state index in [0.717, 1.165) is 15.4 Å². The Bertz CT molecular complexity index is 1190. The van der Waals surface area contributed by atoms with Crippen LogP contribution >= 0.6 is 11.6 Å². The molecule has 35 heavy (non-hydrogen) atoms. The van der Waals surface area contributed by atoms with Gasteiger partial charge in [0, 0.05) is 37.0 Å². The van der Waals surface area contributed by atoms with Crippen LogP contribution in [0.2, 0.25) is 5.02 Å². The van der Waals surface area contributed by atoms with Gasteiger partial charge in [-0.2, -0.15) is 4.31 Å². The fraction of sp³-hybridized carbons (Fsp3) is 0.280. The molecular formula is C25H27ClN2O6S. The molecule has 1 heterocycles. The minimum atomic E-state index is -4.21. The average Bonchev–Trinajstić information content (AvgIpc) is 2.86. The second-order valence-electron chi connectivity index (χ2n) is 7.57. The molecule has 0 spiro atoms. The lowest BCUT2D eigenvalue weighted by Crippen LogP contribution is -2.40. The fourth-order valence-electron chi connectivity index (χ4n) is 3.45. The third kappa shape index (κ3) is 7.17. The highest BCUT2D eigenvalue weighted by Gasteiger charge is 2.33. The van der Waals surface area contributed by atoms with Gasteiger partial charge in [-0.15, -0.1) is 0 Å². The van der Waals surface area contributed by atoms with Gasteiger partial charge in [0.15, 0.2) is 6.79 Å². The summed E-state index contributed by atoms with van der Waals surface area (Å²) in [4.78, 5) is 17.0. The third-order valence-corrected chi connectivity index (χ3v) is 7.16. The Morgan fingerprint density at radius 1 is 1.09 bits per heavy atom. The van der Waals surface area contributed by atoms with Crippen LogP contribution in [-0.2, 0) is 25.9 Å². The monoisotopic (exact) mass is 518 g/mol. The maximum Gasteiger partial charge on any atom is 0.423 e. The number of pyridine rings is 1. The first-order valence-corrected chi connectivity index (χ1v) is 12.7. The molecule has 1 unspecified atom stereocenters. The van der Waals surface area contributed by atoms with Crippen molar-refractivity contribution < 1.29 is 27.4 Å². The van der Waals surface area contributed by atoms with E-state index in [-0.39, 0.29) is 30.8 Å². The standard InChI is InChI=1S/C25H27ClN2O6S/c1-3-33-25(29)28(35(30,31)24-12-8-22(26)9-13-24)17-21(15-19-5-4-14-27-16-19)20-6-10-23(11-7-20)34-18-32-2/h4-14,16,21H,3,15,17-18H2,1-2H3. The van der Waals surface area contributed by atoms with Crippen molar-refractivity contribution in [1.29, 1.82) is 0 Å². The van der Waals surface area contributed by atoms with Crippen LogP contribution in [0.5, 0.6) is 5.75 Å². The first-order chi connectivity index (χ1) is 16.8. The summed E-state index contributed by atoms with van der Waals surface area (Å²) in [7, 11) is -2.68. The van der Waals surface area contributed by atoms with Crippen LogP contribution in [0.1, 0.15) is 24.0 Å². The molecular weight excluding hydrogens is 492 g/mol. The Morgan fingerprint density at radius 3 is 2.40 bits per heavy atom. The van der Waals surface area contributed by atoms with E-state index in [1.807, 2.05) is 24.3 Å². The molecule has 0 N–H and O–H groups in total. The molecule has 0 saturated heterocycles. The van der Waals surface area contributed by atoms with E-state index in [2.05, 4.69) is 4.98 Å². The number of amides is 1. The van der Waals surface area contributed by atoms with Gasteiger partial charge < -0.3 is 14.2 Å². The zero-order valence-corrected chi connectivity index (χ0v) is 21.0. The van der Waals surface area contributed by atoms with Gasteiger partial charge in [0.1, 0.15) is 5.75 Å². The Hall–Kier alpha value is -3.14. The second kappa shape index (κ2) is 12.5. The van der Waals surface area contributed by atoms with Gasteiger partial charge in [0.2, 0.25) is 0 Å². The van der Waals surface area contributed by atoms with Gasteiger partial charge in [-0.25, -0.2) is 13.2 Å². The van der Waals surface area contributed by atoms with Crippen LogP contribution in [0.25, 0.3) is 0 Å². The lowest BCUT2D eigenvalue weighted by atomic mass is 9.92. The number of sulfonamides is 1. The van der Waals surface area contributed by atoms with Crippen LogP contribution in [0, 0.1) is 0 Å². The number of hydrogen-bond acceptors (Lipinski definition) is 7. The molecule has 1 aromatic heterocycles. The molecule has 1 amide bonds. The maximum absolute atomic E-state index is 13.5. The zero-order valence-electron chi connectivity index (χ0n) is 19.5. The summed E-state index contributed by atoms with van der Waals surface area (Å²) in [6, 6.07) is 16.6. The number of nitrogens with zero attached hydrogens (tertiary/aromatic N) is 2. The van der Waals surface area contributed by atoms with Crippen molar-refractivity contribution in [2.75, 3.05) is 27.1 Å². The smallest absolute Gasteiger partial charge is 0.423 e. The summed E-state index contributed by atoms with van der Waals surface area (Å²) in [6.45, 7) is 1.62. The highest BCUT2D eigenvalue weighted by Crippen LogP contribution is 2.28. The first kappa shape index (κ1) is 26.5. The van der Waals surface area contributed by atoms with Crippen LogP contribution in [0.4, 0.5) is 4.79 Å². The number of aromatic nitrogens is 1. The number of benzene rings is 2. The number of halogens is 1. The zero-order chi connectivity index (χ0) is 25.3. The van der Waals surface area contributed by atoms with Crippen molar-refractivity contribution in [3.63, 3.8) is 0 Å². The molecule has 0 saturated carbocycles. The molecule has 0 aliphatic heterocycles. The Morgan fingerprint density at radius 2 is 1.80 bits per heavy atom. The molecule has 3 rings (SSSR count). The van der Waals surface area contributed by atoms with Gasteiger partial charge in [-0.1, -0.05) is 29.8 Å². The quantitative estimate of drug-likeness (QED) is 0.333. The summed E-state index contributed by atoms with van der Waals surface area (Å²) < 4.78 is 43.3. The molecule has 8 nitrogen and oxygen atoms in total. The van der Waals surface area contributed by atoms with E-state index in [1.54, 1.807) is 31.5 Å². The SMILES string of the molecule is CCOC(=O)N(CC(Cc1cccnc1)c1ccc(OCOC)cc1)S(=O)(=O)c1ccc(Cl)cc1. The maximum atomic E-state index is 13.5. The minimum absolute atomic E-state index is 0.0320. The van der Waals surface area contributed by atoms with Crippen LogP contribution in [0.15, 0.2) is 78.0 Å². The lowest BCUT2D eigenvalue weighted by molar-refractivity contribution is 0.0511. The average molecular weight is 519 g/mol. The molecule has 0 aliphatic carbocycles. The van der Waals surface area contributed by atoms with E-state index in [4.69, 9.17) is 25.8 Å². The lowest BCUT2D eigenvalue weighted by Gasteiger charge is -2.27. The highest BCUT2D eigenvalue weighted by atomic mass is 35.5. The highest BCUT2D eigenvalue weighted by molar-refractivity contribution is 7.89.